The van der Waals surface area contributed by atoms with E-state index in [1.165, 1.54) is 38.3 Å². The third-order valence-corrected chi connectivity index (χ3v) is 6.22. The number of aromatic nitrogens is 4. The van der Waals surface area contributed by atoms with Crippen molar-refractivity contribution in [1.29, 1.82) is 0 Å². The van der Waals surface area contributed by atoms with E-state index in [2.05, 4.69) is 39.7 Å². The summed E-state index contributed by atoms with van der Waals surface area (Å²) in [5.41, 5.74) is 8.46. The number of nitrogens with zero attached hydrogens (tertiary/aromatic N) is 5. The normalized spacial score (nSPS) is 14.7. The van der Waals surface area contributed by atoms with Gasteiger partial charge in [-0.15, -0.1) is 12.8 Å². The highest BCUT2D eigenvalue weighted by molar-refractivity contribution is 6.30. The number of carboxylic acid groups (broad SMARTS) is 1. The fourth-order valence-corrected chi connectivity index (χ4v) is 4.46. The zero-order chi connectivity index (χ0) is 27.5. The molecule has 3 aromatic heterocycles. The van der Waals surface area contributed by atoms with Crippen molar-refractivity contribution < 1.29 is 14.6 Å². The molecule has 0 radical (unpaired) electrons. The second-order valence-corrected chi connectivity index (χ2v) is 9.20. The van der Waals surface area contributed by atoms with Crippen LogP contribution in [-0.2, 0) is 11.8 Å². The summed E-state index contributed by atoms with van der Waals surface area (Å²) in [6.07, 6.45) is 16.9. The fraction of sp³-hybridized carbons (Fsp3) is 0.444. The van der Waals surface area contributed by atoms with Crippen LogP contribution >= 0.6 is 11.6 Å². The molecular formula is C27H35ClN6O3. The lowest BCUT2D eigenvalue weighted by Crippen LogP contribution is -2.17. The zero-order valence-electron chi connectivity index (χ0n) is 21.8. The van der Waals surface area contributed by atoms with Crippen molar-refractivity contribution in [1.82, 2.24) is 19.5 Å². The van der Waals surface area contributed by atoms with Gasteiger partial charge in [-0.05, 0) is 31.9 Å². The maximum atomic E-state index is 10.9. The van der Waals surface area contributed by atoms with Crippen molar-refractivity contribution in [3.63, 3.8) is 0 Å². The van der Waals surface area contributed by atoms with Crippen molar-refractivity contribution in [2.45, 2.75) is 59.0 Å². The number of ether oxygens (including phenoxy) is 1. The predicted octanol–water partition coefficient (Wildman–Crippen LogP) is 6.00. The van der Waals surface area contributed by atoms with Gasteiger partial charge in [0.1, 0.15) is 17.6 Å². The summed E-state index contributed by atoms with van der Waals surface area (Å²) < 4.78 is 7.55. The van der Waals surface area contributed by atoms with Crippen molar-refractivity contribution in [2.75, 3.05) is 6.61 Å². The number of fused-ring (bicyclic) bond motifs is 1. The molecule has 3 aromatic rings. The number of halogens is 1. The Balaban J connectivity index is 0.000000455. The van der Waals surface area contributed by atoms with Crippen LogP contribution in [0.5, 0.6) is 0 Å². The molecule has 4 rings (SSSR count). The second-order valence-electron chi connectivity index (χ2n) is 8.77. The van der Waals surface area contributed by atoms with Gasteiger partial charge in [-0.1, -0.05) is 50.6 Å². The van der Waals surface area contributed by atoms with Gasteiger partial charge < -0.3 is 20.1 Å². The standard InChI is InChI=1S/C18H19ClN6O3.C7H14.C2H2/c1-4-28-9(2)17-23-12-6-13(16(20)24-18(26)27)22-14(15(12)25(17)3)10-5-11(19)8-21-7-10;1-7-5-3-2-4-6-7;1-2/h5-9H,4H2,1-3H3,(H2,20,24)(H,26,27);7H,2-6H2,1H3;1-2H. The Morgan fingerprint density at radius 1 is 1.27 bits per heavy atom. The van der Waals surface area contributed by atoms with E-state index in [9.17, 15) is 4.79 Å². The highest BCUT2D eigenvalue weighted by Crippen LogP contribution is 2.31. The van der Waals surface area contributed by atoms with Crippen molar-refractivity contribution in [3.05, 3.63) is 41.1 Å². The third kappa shape index (κ3) is 8.00. The number of imidazole rings is 1. The van der Waals surface area contributed by atoms with Gasteiger partial charge in [0.15, 0.2) is 5.84 Å². The molecule has 1 unspecified atom stereocenters. The number of aliphatic imine (C=N–C) groups is 1. The minimum atomic E-state index is -1.41. The van der Waals surface area contributed by atoms with E-state index in [1.807, 2.05) is 25.5 Å². The molecule has 0 bridgehead atoms. The molecule has 1 amide bonds. The molecular weight excluding hydrogens is 492 g/mol. The summed E-state index contributed by atoms with van der Waals surface area (Å²) in [4.78, 5) is 27.5. The summed E-state index contributed by atoms with van der Waals surface area (Å²) in [6.45, 7) is 6.71. The number of carbonyl (C=O) groups is 1. The lowest BCUT2D eigenvalue weighted by atomic mass is 9.91. The molecule has 0 spiro atoms. The van der Waals surface area contributed by atoms with E-state index >= 15 is 0 Å². The summed E-state index contributed by atoms with van der Waals surface area (Å²) in [7, 11) is 1.86. The van der Waals surface area contributed by atoms with E-state index in [1.54, 1.807) is 18.3 Å². The quantitative estimate of drug-likeness (QED) is 0.237. The van der Waals surface area contributed by atoms with Crippen LogP contribution in [0, 0.1) is 18.8 Å². The van der Waals surface area contributed by atoms with E-state index in [0.717, 1.165) is 11.4 Å². The van der Waals surface area contributed by atoms with Crippen LogP contribution in [0.15, 0.2) is 29.5 Å². The topological polar surface area (TPSA) is 129 Å². The van der Waals surface area contributed by atoms with Crippen molar-refractivity contribution in [2.24, 2.45) is 23.7 Å². The van der Waals surface area contributed by atoms with Gasteiger partial charge in [0.05, 0.1) is 21.7 Å². The van der Waals surface area contributed by atoms with Crippen LogP contribution in [-0.4, -0.2) is 43.2 Å². The zero-order valence-corrected chi connectivity index (χ0v) is 22.6. The van der Waals surface area contributed by atoms with Gasteiger partial charge in [0.25, 0.3) is 0 Å². The number of amides is 1. The summed E-state index contributed by atoms with van der Waals surface area (Å²) in [6, 6.07) is 3.31. The van der Waals surface area contributed by atoms with Gasteiger partial charge in [-0.25, -0.2) is 14.8 Å². The van der Waals surface area contributed by atoms with Crippen LogP contribution < -0.4 is 5.73 Å². The average Bonchev–Trinajstić information content (AvgIpc) is 3.22. The third-order valence-electron chi connectivity index (χ3n) is 6.02. The molecule has 0 aliphatic heterocycles. The molecule has 1 saturated carbocycles. The van der Waals surface area contributed by atoms with Gasteiger partial charge in [0.2, 0.25) is 0 Å². The highest BCUT2D eigenvalue weighted by atomic mass is 35.5. The Bertz CT molecular complexity index is 1250. The molecule has 9 nitrogen and oxygen atoms in total. The Kier molecular flexibility index (Phi) is 11.5. The summed E-state index contributed by atoms with van der Waals surface area (Å²) >= 11 is 6.09. The van der Waals surface area contributed by atoms with E-state index in [4.69, 9.17) is 27.2 Å². The maximum absolute atomic E-state index is 10.9. The molecule has 1 aliphatic carbocycles. The fourth-order valence-electron chi connectivity index (χ4n) is 4.28. The molecule has 10 heteroatoms. The van der Waals surface area contributed by atoms with Crippen LogP contribution in [0.1, 0.15) is 70.5 Å². The number of amidine groups is 1. The summed E-state index contributed by atoms with van der Waals surface area (Å²) in [5, 5.41) is 9.34. The van der Waals surface area contributed by atoms with Gasteiger partial charge >= 0.3 is 6.09 Å². The predicted molar refractivity (Wildman–Crippen MR) is 148 cm³/mol. The molecule has 37 heavy (non-hydrogen) atoms. The molecule has 3 heterocycles. The average molecular weight is 527 g/mol. The Labute approximate surface area is 223 Å². The number of aryl methyl sites for hydroxylation is 1. The highest BCUT2D eigenvalue weighted by Gasteiger charge is 2.21. The van der Waals surface area contributed by atoms with E-state index < -0.39 is 6.09 Å². The lowest BCUT2D eigenvalue weighted by Gasteiger charge is -2.15. The van der Waals surface area contributed by atoms with Crippen LogP contribution in [0.4, 0.5) is 4.79 Å². The molecule has 1 atom stereocenters. The SMILES string of the molecule is C#C.CC1CCCCC1.CCOC(C)c1nc2cc(/C(N)=N/C(=O)O)nc(-c3cncc(Cl)c3)c2n1C. The Hall–Kier alpha value is -3.48. The summed E-state index contributed by atoms with van der Waals surface area (Å²) in [5.74, 6) is 1.50. The van der Waals surface area contributed by atoms with Gasteiger partial charge in [0, 0.05) is 31.6 Å². The van der Waals surface area contributed by atoms with Crippen LogP contribution in [0.25, 0.3) is 22.3 Å². The maximum Gasteiger partial charge on any atom is 0.433 e. The van der Waals surface area contributed by atoms with Crippen LogP contribution in [0.3, 0.4) is 0 Å². The first-order valence-electron chi connectivity index (χ1n) is 12.2. The number of nitrogens with two attached hydrogens (primary N) is 1. The molecule has 0 saturated heterocycles. The molecule has 3 N–H and O–H groups in total. The Morgan fingerprint density at radius 3 is 2.49 bits per heavy atom. The number of hydrogen-bond acceptors (Lipinski definition) is 5. The number of hydrogen-bond donors (Lipinski definition) is 2. The first-order valence-corrected chi connectivity index (χ1v) is 12.6. The monoisotopic (exact) mass is 526 g/mol. The lowest BCUT2D eigenvalue weighted by molar-refractivity contribution is 0.0685. The van der Waals surface area contributed by atoms with Gasteiger partial charge in [-0.3, -0.25) is 4.98 Å². The first-order chi connectivity index (χ1) is 17.7. The van der Waals surface area contributed by atoms with E-state index in [-0.39, 0.29) is 17.6 Å². The van der Waals surface area contributed by atoms with Gasteiger partial charge in [-0.2, -0.15) is 4.99 Å². The molecule has 1 fully saturated rings. The van der Waals surface area contributed by atoms with E-state index in [0.29, 0.717) is 34.2 Å². The first kappa shape index (κ1) is 29.7. The molecule has 0 aromatic carbocycles. The number of rotatable bonds is 5. The molecule has 198 valence electrons. The minimum absolute atomic E-state index is 0.193. The largest absolute Gasteiger partial charge is 0.463 e. The number of pyridine rings is 2. The number of terminal acetylenes is 1. The Morgan fingerprint density at radius 2 is 1.95 bits per heavy atom. The van der Waals surface area contributed by atoms with Crippen molar-refractivity contribution >= 4 is 34.6 Å². The second kappa shape index (κ2) is 14.3. The van der Waals surface area contributed by atoms with Crippen LogP contribution in [0.2, 0.25) is 5.02 Å². The smallest absolute Gasteiger partial charge is 0.433 e. The minimum Gasteiger partial charge on any atom is -0.463 e. The molecule has 1 aliphatic rings. The van der Waals surface area contributed by atoms with Crippen molar-refractivity contribution in [3.8, 4) is 24.1 Å².